The second-order valence-corrected chi connectivity index (χ2v) is 7.38. The van der Waals surface area contributed by atoms with E-state index in [1.165, 1.54) is 11.1 Å². The van der Waals surface area contributed by atoms with Gasteiger partial charge in [-0.15, -0.1) is 0 Å². The van der Waals surface area contributed by atoms with Crippen molar-refractivity contribution in [2.45, 2.75) is 52.9 Å². The molecule has 1 heteroatoms. The van der Waals surface area contributed by atoms with E-state index in [9.17, 15) is 4.79 Å². The van der Waals surface area contributed by atoms with Gasteiger partial charge in [-0.25, -0.2) is 0 Å². The summed E-state index contributed by atoms with van der Waals surface area (Å²) in [5.41, 5.74) is 5.77. The molecule has 2 aromatic carbocycles. The molecular weight excluding hydrogens is 268 g/mol. The maximum absolute atomic E-state index is 11.8. The van der Waals surface area contributed by atoms with Gasteiger partial charge < -0.3 is 0 Å². The lowest BCUT2D eigenvalue weighted by molar-refractivity contribution is 0.101. The minimum atomic E-state index is 0.120. The fourth-order valence-electron chi connectivity index (χ4n) is 2.52. The third-order valence-electron chi connectivity index (χ3n) is 4.11. The van der Waals surface area contributed by atoms with Gasteiger partial charge >= 0.3 is 0 Å². The van der Waals surface area contributed by atoms with Gasteiger partial charge in [0.15, 0.2) is 5.78 Å². The first kappa shape index (κ1) is 16.5. The Bertz CT molecular complexity index is 670. The largest absolute Gasteiger partial charge is 0.295 e. The van der Waals surface area contributed by atoms with E-state index in [1.54, 1.807) is 6.92 Å². The van der Waals surface area contributed by atoms with E-state index in [1.807, 2.05) is 12.1 Å². The van der Waals surface area contributed by atoms with Crippen LogP contribution in [0.25, 0.3) is 11.1 Å². The Kier molecular flexibility index (Phi) is 4.55. The number of benzene rings is 2. The Balaban J connectivity index is 2.49. The molecule has 0 amide bonds. The van der Waals surface area contributed by atoms with Crippen LogP contribution in [-0.2, 0) is 5.41 Å². The number of carbonyl (C=O) groups is 1. The quantitative estimate of drug-likeness (QED) is 0.637. The first-order valence-corrected chi connectivity index (χ1v) is 7.95. The van der Waals surface area contributed by atoms with Crippen molar-refractivity contribution in [3.63, 3.8) is 0 Å². The highest BCUT2D eigenvalue weighted by molar-refractivity contribution is 5.95. The number of hydrogen-bond donors (Lipinski definition) is 0. The molecule has 0 aliphatic carbocycles. The Hall–Kier alpha value is -1.89. The van der Waals surface area contributed by atoms with Gasteiger partial charge in [0, 0.05) is 5.56 Å². The molecule has 0 atom stereocenters. The number of hydrogen-bond acceptors (Lipinski definition) is 1. The average Bonchev–Trinajstić information content (AvgIpc) is 2.46. The lowest BCUT2D eigenvalue weighted by Gasteiger charge is -2.19. The molecule has 0 N–H and O–H groups in total. The zero-order valence-electron chi connectivity index (χ0n) is 14.5. The molecule has 0 aliphatic heterocycles. The normalized spacial score (nSPS) is 11.8. The van der Waals surface area contributed by atoms with Crippen molar-refractivity contribution in [3.05, 3.63) is 59.2 Å². The number of rotatable bonds is 3. The van der Waals surface area contributed by atoms with Gasteiger partial charge in [-0.3, -0.25) is 4.79 Å². The van der Waals surface area contributed by atoms with E-state index in [-0.39, 0.29) is 11.2 Å². The van der Waals surface area contributed by atoms with E-state index in [0.29, 0.717) is 5.92 Å². The number of ketones is 1. The summed E-state index contributed by atoms with van der Waals surface area (Å²) in [6.07, 6.45) is 0. The van der Waals surface area contributed by atoms with E-state index in [4.69, 9.17) is 0 Å². The van der Waals surface area contributed by atoms with Crippen LogP contribution in [0.5, 0.6) is 0 Å². The summed E-state index contributed by atoms with van der Waals surface area (Å²) in [7, 11) is 0. The van der Waals surface area contributed by atoms with Gasteiger partial charge in [0.2, 0.25) is 0 Å². The molecule has 0 fully saturated rings. The highest BCUT2D eigenvalue weighted by Crippen LogP contribution is 2.29. The van der Waals surface area contributed by atoms with Crippen molar-refractivity contribution < 1.29 is 4.79 Å². The molecule has 0 saturated heterocycles. The summed E-state index contributed by atoms with van der Waals surface area (Å²) in [4.78, 5) is 11.8. The first-order chi connectivity index (χ1) is 10.2. The number of Topliss-reactive ketones (excluding diaryl/α,β-unsaturated/α-hetero) is 1. The first-order valence-electron chi connectivity index (χ1n) is 7.95. The molecule has 0 aromatic heterocycles. The molecule has 0 unspecified atom stereocenters. The van der Waals surface area contributed by atoms with E-state index in [0.717, 1.165) is 16.7 Å². The smallest absolute Gasteiger partial charge is 0.159 e. The predicted octanol–water partition coefficient (Wildman–Crippen LogP) is 5.98. The zero-order chi connectivity index (χ0) is 16.5. The molecule has 0 bridgehead atoms. The minimum Gasteiger partial charge on any atom is -0.295 e. The lowest BCUT2D eigenvalue weighted by atomic mass is 9.86. The Labute approximate surface area is 134 Å². The maximum atomic E-state index is 11.8. The second kappa shape index (κ2) is 6.08. The van der Waals surface area contributed by atoms with Crippen molar-refractivity contribution in [3.8, 4) is 11.1 Å². The van der Waals surface area contributed by atoms with Crippen LogP contribution >= 0.6 is 0 Å². The Morgan fingerprint density at radius 1 is 0.909 bits per heavy atom. The van der Waals surface area contributed by atoms with Crippen molar-refractivity contribution in [2.75, 3.05) is 0 Å². The van der Waals surface area contributed by atoms with Crippen molar-refractivity contribution in [1.82, 2.24) is 0 Å². The lowest BCUT2D eigenvalue weighted by Crippen LogP contribution is -2.10. The predicted molar refractivity (Wildman–Crippen MR) is 94.7 cm³/mol. The summed E-state index contributed by atoms with van der Waals surface area (Å²) >= 11 is 0. The second-order valence-electron chi connectivity index (χ2n) is 7.38. The summed E-state index contributed by atoms with van der Waals surface area (Å²) in [5, 5.41) is 0. The molecule has 2 rings (SSSR count). The van der Waals surface area contributed by atoms with Crippen LogP contribution in [0.3, 0.4) is 0 Å². The fourth-order valence-corrected chi connectivity index (χ4v) is 2.52. The standard InChI is InChI=1S/C21H26O/c1-14(2)17-11-18(15(3)22)13-19(12-17)16-7-9-20(10-8-16)21(4,5)6/h7-14H,1-6H3. The van der Waals surface area contributed by atoms with Crippen LogP contribution in [0.4, 0.5) is 0 Å². The van der Waals surface area contributed by atoms with Gasteiger partial charge in [-0.05, 0) is 52.6 Å². The summed E-state index contributed by atoms with van der Waals surface area (Å²) in [6, 6.07) is 14.9. The highest BCUT2D eigenvalue weighted by Gasteiger charge is 2.14. The van der Waals surface area contributed by atoms with Crippen LogP contribution in [-0.4, -0.2) is 5.78 Å². The summed E-state index contributed by atoms with van der Waals surface area (Å²) < 4.78 is 0. The molecule has 2 aromatic rings. The zero-order valence-corrected chi connectivity index (χ0v) is 14.5. The molecule has 0 radical (unpaired) electrons. The van der Waals surface area contributed by atoms with Crippen LogP contribution in [0.15, 0.2) is 42.5 Å². The van der Waals surface area contributed by atoms with Gasteiger partial charge in [0.25, 0.3) is 0 Å². The average molecular weight is 294 g/mol. The van der Waals surface area contributed by atoms with Crippen LogP contribution in [0.1, 0.15) is 68.9 Å². The Morgan fingerprint density at radius 3 is 1.95 bits per heavy atom. The molecule has 0 heterocycles. The molecule has 0 aliphatic rings. The molecular formula is C21H26O. The third kappa shape index (κ3) is 3.65. The van der Waals surface area contributed by atoms with Crippen LogP contribution in [0, 0.1) is 0 Å². The fraction of sp³-hybridized carbons (Fsp3) is 0.381. The van der Waals surface area contributed by atoms with Crippen LogP contribution in [0.2, 0.25) is 0 Å². The topological polar surface area (TPSA) is 17.1 Å². The Morgan fingerprint density at radius 2 is 1.50 bits per heavy atom. The van der Waals surface area contributed by atoms with Crippen LogP contribution < -0.4 is 0 Å². The molecule has 116 valence electrons. The van der Waals surface area contributed by atoms with Gasteiger partial charge in [-0.1, -0.05) is 65.0 Å². The minimum absolute atomic E-state index is 0.120. The van der Waals surface area contributed by atoms with Crippen molar-refractivity contribution in [2.24, 2.45) is 0 Å². The SMILES string of the molecule is CC(=O)c1cc(-c2ccc(C(C)(C)C)cc2)cc(C(C)C)c1. The number of carbonyl (C=O) groups excluding carboxylic acids is 1. The van der Waals surface area contributed by atoms with Crippen molar-refractivity contribution >= 4 is 5.78 Å². The van der Waals surface area contributed by atoms with Gasteiger partial charge in [-0.2, -0.15) is 0 Å². The molecule has 0 saturated carbocycles. The van der Waals surface area contributed by atoms with Crippen molar-refractivity contribution in [1.29, 1.82) is 0 Å². The van der Waals surface area contributed by atoms with E-state index >= 15 is 0 Å². The molecule has 0 spiro atoms. The third-order valence-corrected chi connectivity index (χ3v) is 4.11. The van der Waals surface area contributed by atoms with E-state index < -0.39 is 0 Å². The van der Waals surface area contributed by atoms with Gasteiger partial charge in [0.05, 0.1) is 0 Å². The maximum Gasteiger partial charge on any atom is 0.159 e. The molecule has 1 nitrogen and oxygen atoms in total. The molecule has 22 heavy (non-hydrogen) atoms. The van der Waals surface area contributed by atoms with Gasteiger partial charge in [0.1, 0.15) is 0 Å². The highest BCUT2D eigenvalue weighted by atomic mass is 16.1. The van der Waals surface area contributed by atoms with E-state index in [2.05, 4.69) is 65.0 Å². The monoisotopic (exact) mass is 294 g/mol. The summed E-state index contributed by atoms with van der Waals surface area (Å²) in [6.45, 7) is 12.6. The summed E-state index contributed by atoms with van der Waals surface area (Å²) in [5.74, 6) is 0.530.